The number of likely N-dealkylation sites (tertiary alicyclic amines) is 2. The van der Waals surface area contributed by atoms with Crippen LogP contribution in [0.25, 0.3) is 0 Å². The lowest BCUT2D eigenvalue weighted by Crippen LogP contribution is -2.36. The van der Waals surface area contributed by atoms with Crippen molar-refractivity contribution < 1.29 is 0 Å². The van der Waals surface area contributed by atoms with Crippen LogP contribution in [0.5, 0.6) is 0 Å². The molecule has 2 saturated heterocycles. The minimum atomic E-state index is 0.408. The van der Waals surface area contributed by atoms with Crippen LogP contribution in [0.4, 0.5) is 0 Å². The molecule has 2 N–H and O–H groups in total. The van der Waals surface area contributed by atoms with Crippen molar-refractivity contribution in [3.05, 3.63) is 0 Å². The fourth-order valence-electron chi connectivity index (χ4n) is 2.97. The number of hydrogen-bond donors (Lipinski definition) is 1. The number of rotatable bonds is 5. The maximum Gasteiger partial charge on any atom is 0.0235 e. The van der Waals surface area contributed by atoms with E-state index >= 15 is 0 Å². The molecule has 0 spiro atoms. The van der Waals surface area contributed by atoms with Gasteiger partial charge in [0.25, 0.3) is 0 Å². The lowest BCUT2D eigenvalue weighted by molar-refractivity contribution is 0.229. The highest BCUT2D eigenvalue weighted by atomic mass is 15.3. The molecule has 0 aromatic rings. The molecule has 2 fully saturated rings. The number of hydrogen-bond acceptors (Lipinski definition) is 3. The second-order valence-electron chi connectivity index (χ2n) is 5.44. The Hall–Kier alpha value is -0.120. The van der Waals surface area contributed by atoms with Crippen molar-refractivity contribution in [1.29, 1.82) is 0 Å². The molecule has 2 aliphatic heterocycles. The monoisotopic (exact) mass is 225 g/mol. The Balaban J connectivity index is 1.67. The second kappa shape index (κ2) is 5.99. The summed E-state index contributed by atoms with van der Waals surface area (Å²) >= 11 is 0. The molecule has 0 saturated carbocycles. The lowest BCUT2D eigenvalue weighted by atomic mass is 10.1. The summed E-state index contributed by atoms with van der Waals surface area (Å²) in [6, 6.07) is 1.26. The predicted octanol–water partition coefficient (Wildman–Crippen LogP) is 1.28. The Labute approximate surface area is 100.0 Å². The minimum Gasteiger partial charge on any atom is -0.328 e. The predicted molar refractivity (Wildman–Crippen MR) is 68.5 cm³/mol. The van der Waals surface area contributed by atoms with Gasteiger partial charge in [-0.25, -0.2) is 0 Å². The van der Waals surface area contributed by atoms with Crippen LogP contribution in [-0.4, -0.2) is 54.6 Å². The largest absolute Gasteiger partial charge is 0.328 e. The van der Waals surface area contributed by atoms with Gasteiger partial charge in [0.1, 0.15) is 0 Å². The van der Waals surface area contributed by atoms with Crippen molar-refractivity contribution in [3.8, 4) is 0 Å². The highest BCUT2D eigenvalue weighted by molar-refractivity contribution is 4.85. The van der Waals surface area contributed by atoms with Gasteiger partial charge < -0.3 is 10.6 Å². The Morgan fingerprint density at radius 1 is 1.25 bits per heavy atom. The molecule has 94 valence electrons. The third kappa shape index (κ3) is 3.19. The average Bonchev–Trinajstić information content (AvgIpc) is 2.95. The smallest absolute Gasteiger partial charge is 0.0235 e. The second-order valence-corrected chi connectivity index (χ2v) is 5.44. The zero-order valence-electron chi connectivity index (χ0n) is 10.7. The van der Waals surface area contributed by atoms with Crippen molar-refractivity contribution in [2.75, 3.05) is 32.7 Å². The van der Waals surface area contributed by atoms with Crippen LogP contribution < -0.4 is 5.73 Å². The van der Waals surface area contributed by atoms with E-state index in [0.717, 1.165) is 12.5 Å². The van der Waals surface area contributed by atoms with Crippen LogP contribution >= 0.6 is 0 Å². The van der Waals surface area contributed by atoms with E-state index < -0.39 is 0 Å². The molecule has 3 nitrogen and oxygen atoms in total. The van der Waals surface area contributed by atoms with Gasteiger partial charge in [-0.15, -0.1) is 0 Å². The first kappa shape index (κ1) is 12.3. The summed E-state index contributed by atoms with van der Waals surface area (Å²) in [6.07, 6.45) is 6.49. The SMILES string of the molecule is CCC(N)CCN1CCC(N2CCCC2)C1. The van der Waals surface area contributed by atoms with Gasteiger partial charge in [0.15, 0.2) is 0 Å². The van der Waals surface area contributed by atoms with Gasteiger partial charge in [0.05, 0.1) is 0 Å². The molecular formula is C13H27N3. The summed E-state index contributed by atoms with van der Waals surface area (Å²) in [5.41, 5.74) is 5.97. The molecule has 0 aliphatic carbocycles. The van der Waals surface area contributed by atoms with Gasteiger partial charge in [0.2, 0.25) is 0 Å². The van der Waals surface area contributed by atoms with Crippen molar-refractivity contribution in [2.45, 2.75) is 51.1 Å². The fourth-order valence-corrected chi connectivity index (χ4v) is 2.97. The van der Waals surface area contributed by atoms with Crippen LogP contribution in [-0.2, 0) is 0 Å². The van der Waals surface area contributed by atoms with Gasteiger partial charge in [-0.1, -0.05) is 6.92 Å². The van der Waals surface area contributed by atoms with Gasteiger partial charge in [-0.3, -0.25) is 4.90 Å². The first-order valence-electron chi connectivity index (χ1n) is 7.01. The molecule has 2 aliphatic rings. The summed E-state index contributed by atoms with van der Waals surface area (Å²) in [5, 5.41) is 0. The van der Waals surface area contributed by atoms with E-state index in [-0.39, 0.29) is 0 Å². The molecule has 2 atom stereocenters. The first-order chi connectivity index (χ1) is 7.79. The summed E-state index contributed by atoms with van der Waals surface area (Å²) < 4.78 is 0. The molecule has 16 heavy (non-hydrogen) atoms. The van der Waals surface area contributed by atoms with Crippen LogP contribution in [0.15, 0.2) is 0 Å². The molecule has 2 unspecified atom stereocenters. The maximum absolute atomic E-state index is 5.97. The number of nitrogens with two attached hydrogens (primary N) is 1. The number of nitrogens with zero attached hydrogens (tertiary/aromatic N) is 2. The molecule has 0 radical (unpaired) electrons. The van der Waals surface area contributed by atoms with Crippen LogP contribution in [0.1, 0.15) is 39.0 Å². The van der Waals surface area contributed by atoms with Crippen LogP contribution in [0, 0.1) is 0 Å². The average molecular weight is 225 g/mol. The quantitative estimate of drug-likeness (QED) is 0.765. The third-order valence-corrected chi connectivity index (χ3v) is 4.25. The van der Waals surface area contributed by atoms with Crippen molar-refractivity contribution in [1.82, 2.24) is 9.80 Å². The van der Waals surface area contributed by atoms with E-state index in [1.54, 1.807) is 0 Å². The molecule has 3 heteroatoms. The van der Waals surface area contributed by atoms with Gasteiger partial charge in [-0.2, -0.15) is 0 Å². The summed E-state index contributed by atoms with van der Waals surface area (Å²) in [5.74, 6) is 0. The maximum atomic E-state index is 5.97. The Bertz CT molecular complexity index is 201. The first-order valence-corrected chi connectivity index (χ1v) is 7.01. The van der Waals surface area contributed by atoms with Crippen molar-refractivity contribution in [2.24, 2.45) is 5.73 Å². The normalized spacial score (nSPS) is 30.0. The van der Waals surface area contributed by atoms with Crippen molar-refractivity contribution in [3.63, 3.8) is 0 Å². The van der Waals surface area contributed by atoms with E-state index in [4.69, 9.17) is 5.73 Å². The fraction of sp³-hybridized carbons (Fsp3) is 1.00. The molecule has 0 amide bonds. The van der Waals surface area contributed by atoms with E-state index in [1.807, 2.05) is 0 Å². The summed E-state index contributed by atoms with van der Waals surface area (Å²) in [7, 11) is 0. The molecule has 2 rings (SSSR count). The lowest BCUT2D eigenvalue weighted by Gasteiger charge is -2.24. The van der Waals surface area contributed by atoms with E-state index in [2.05, 4.69) is 16.7 Å². The third-order valence-electron chi connectivity index (χ3n) is 4.25. The zero-order valence-corrected chi connectivity index (χ0v) is 10.7. The summed E-state index contributed by atoms with van der Waals surface area (Å²) in [4.78, 5) is 5.30. The molecule has 0 bridgehead atoms. The zero-order chi connectivity index (χ0) is 11.4. The highest BCUT2D eigenvalue weighted by Gasteiger charge is 2.28. The highest BCUT2D eigenvalue weighted by Crippen LogP contribution is 2.20. The van der Waals surface area contributed by atoms with Crippen LogP contribution in [0.2, 0.25) is 0 Å². The standard InChI is InChI=1S/C13H27N3/c1-2-12(14)5-9-15-10-6-13(11-15)16-7-3-4-8-16/h12-13H,2-11,14H2,1H3. The van der Waals surface area contributed by atoms with Gasteiger partial charge in [0, 0.05) is 18.6 Å². The molecule has 0 aromatic heterocycles. The van der Waals surface area contributed by atoms with Gasteiger partial charge >= 0.3 is 0 Å². The Morgan fingerprint density at radius 2 is 2.00 bits per heavy atom. The molecule has 2 heterocycles. The minimum absolute atomic E-state index is 0.408. The Morgan fingerprint density at radius 3 is 2.69 bits per heavy atom. The molecular weight excluding hydrogens is 198 g/mol. The van der Waals surface area contributed by atoms with Crippen LogP contribution in [0.3, 0.4) is 0 Å². The van der Waals surface area contributed by atoms with Gasteiger partial charge in [-0.05, 0) is 58.3 Å². The summed E-state index contributed by atoms with van der Waals surface area (Å²) in [6.45, 7) is 8.65. The van der Waals surface area contributed by atoms with E-state index in [9.17, 15) is 0 Å². The van der Waals surface area contributed by atoms with E-state index in [1.165, 1.54) is 58.4 Å². The molecule has 0 aromatic carbocycles. The van der Waals surface area contributed by atoms with E-state index in [0.29, 0.717) is 6.04 Å². The Kier molecular flexibility index (Phi) is 4.62. The topological polar surface area (TPSA) is 32.5 Å². The van der Waals surface area contributed by atoms with Crippen molar-refractivity contribution >= 4 is 0 Å².